The fourth-order valence-corrected chi connectivity index (χ4v) is 5.73. The van der Waals surface area contributed by atoms with Crippen molar-refractivity contribution in [3.05, 3.63) is 64.3 Å². The molecule has 0 radical (unpaired) electrons. The van der Waals surface area contributed by atoms with Gasteiger partial charge in [0.15, 0.2) is 0 Å². The number of benzene rings is 1. The Balaban J connectivity index is 1.70. The van der Waals surface area contributed by atoms with Crippen molar-refractivity contribution in [3.8, 4) is 0 Å². The van der Waals surface area contributed by atoms with E-state index in [1.807, 2.05) is 0 Å². The maximum atomic E-state index is 12.9. The summed E-state index contributed by atoms with van der Waals surface area (Å²) >= 11 is 7.15. The van der Waals surface area contributed by atoms with Crippen LogP contribution in [0.2, 0.25) is 5.02 Å². The van der Waals surface area contributed by atoms with Gasteiger partial charge in [-0.2, -0.15) is 4.31 Å². The Hall–Kier alpha value is -2.20. The van der Waals surface area contributed by atoms with E-state index >= 15 is 0 Å². The molecule has 2 N–H and O–H groups in total. The first-order valence-corrected chi connectivity index (χ1v) is 12.5. The molecular weight excluding hydrogens is 458 g/mol. The van der Waals surface area contributed by atoms with Gasteiger partial charge in [0, 0.05) is 24.7 Å². The molecule has 0 saturated carbocycles. The fraction of sp³-hybridized carbons (Fsp3) is 0.333. The minimum atomic E-state index is -3.65. The minimum Gasteiger partial charge on any atom is -0.351 e. The van der Waals surface area contributed by atoms with Gasteiger partial charge >= 0.3 is 0 Å². The zero-order valence-corrected chi connectivity index (χ0v) is 19.2. The van der Waals surface area contributed by atoms with E-state index in [1.165, 1.54) is 27.8 Å². The van der Waals surface area contributed by atoms with Gasteiger partial charge in [-0.3, -0.25) is 9.59 Å². The Bertz CT molecular complexity index is 1020. The molecule has 2 heterocycles. The van der Waals surface area contributed by atoms with E-state index in [0.717, 1.165) is 0 Å². The van der Waals surface area contributed by atoms with Crippen molar-refractivity contribution in [3.63, 3.8) is 0 Å². The quantitative estimate of drug-likeness (QED) is 0.567. The van der Waals surface area contributed by atoms with Crippen LogP contribution in [-0.2, 0) is 14.8 Å². The summed E-state index contributed by atoms with van der Waals surface area (Å²) in [5.74, 6) is -0.806. The topological polar surface area (TPSA) is 95.6 Å². The number of carbonyl (C=O) groups excluding carboxylic acids is 2. The maximum Gasteiger partial charge on any atom is 0.262 e. The smallest absolute Gasteiger partial charge is 0.262 e. The average molecular weight is 482 g/mol. The van der Waals surface area contributed by atoms with Crippen molar-refractivity contribution in [2.24, 2.45) is 5.92 Å². The molecule has 2 aromatic rings. The summed E-state index contributed by atoms with van der Waals surface area (Å²) in [7, 11) is -3.65. The molecule has 1 aromatic carbocycles. The van der Waals surface area contributed by atoms with Crippen molar-refractivity contribution in [1.29, 1.82) is 0 Å². The molecule has 7 nitrogen and oxygen atoms in total. The first-order chi connectivity index (χ1) is 14.8. The third-order valence-electron chi connectivity index (χ3n) is 5.16. The monoisotopic (exact) mass is 481 g/mol. The lowest BCUT2D eigenvalue weighted by molar-refractivity contribution is -0.124. The molecule has 3 rings (SSSR count). The van der Waals surface area contributed by atoms with Gasteiger partial charge in [0.25, 0.3) is 5.91 Å². The fourth-order valence-electron chi connectivity index (χ4n) is 3.51. The molecule has 0 bridgehead atoms. The van der Waals surface area contributed by atoms with Crippen LogP contribution in [0.4, 0.5) is 0 Å². The molecule has 31 heavy (non-hydrogen) atoms. The van der Waals surface area contributed by atoms with Gasteiger partial charge in [0.1, 0.15) is 6.04 Å². The zero-order valence-electron chi connectivity index (χ0n) is 16.8. The van der Waals surface area contributed by atoms with E-state index in [0.29, 0.717) is 22.7 Å². The first kappa shape index (κ1) is 23.5. The average Bonchev–Trinajstić information content (AvgIpc) is 3.31. The third kappa shape index (κ3) is 5.74. The number of piperidine rings is 1. The van der Waals surface area contributed by atoms with E-state index < -0.39 is 16.1 Å². The number of nitrogens with one attached hydrogen (secondary N) is 2. The lowest BCUT2D eigenvalue weighted by atomic mass is 9.89. The molecule has 1 saturated heterocycles. The van der Waals surface area contributed by atoms with Crippen molar-refractivity contribution >= 4 is 44.8 Å². The zero-order chi connectivity index (χ0) is 22.4. The summed E-state index contributed by atoms with van der Waals surface area (Å²) < 4.78 is 27.2. The largest absolute Gasteiger partial charge is 0.351 e. The van der Waals surface area contributed by atoms with Gasteiger partial charge in [-0.1, -0.05) is 23.7 Å². The van der Waals surface area contributed by atoms with Crippen LogP contribution < -0.4 is 10.6 Å². The van der Waals surface area contributed by atoms with E-state index in [9.17, 15) is 18.0 Å². The van der Waals surface area contributed by atoms with Crippen LogP contribution >= 0.6 is 22.9 Å². The van der Waals surface area contributed by atoms with E-state index in [-0.39, 0.29) is 42.3 Å². The Labute approximate surface area is 191 Å². The van der Waals surface area contributed by atoms with Crippen molar-refractivity contribution in [1.82, 2.24) is 14.9 Å². The standard InChI is InChI=1S/C21H24ClN3O4S2/c1-2-11-23-21(27)19(24-20(26)18-4-3-14-30-18)15-9-12-25(13-10-15)31(28,29)17-7-5-16(22)6-8-17/h2-8,14-15,19H,1,9-13H2,(H,23,27)(H,24,26)/t19-/m0/s1. The number of halogens is 1. The van der Waals surface area contributed by atoms with Crippen molar-refractivity contribution in [2.45, 2.75) is 23.8 Å². The predicted octanol–water partition coefficient (Wildman–Crippen LogP) is 2.90. The summed E-state index contributed by atoms with van der Waals surface area (Å²) in [5, 5.41) is 7.83. The highest BCUT2D eigenvalue weighted by atomic mass is 35.5. The lowest BCUT2D eigenvalue weighted by Gasteiger charge is -2.35. The Morgan fingerprint density at radius 1 is 1.23 bits per heavy atom. The van der Waals surface area contributed by atoms with Gasteiger partial charge in [-0.15, -0.1) is 17.9 Å². The molecule has 1 aliphatic rings. The molecule has 2 amide bonds. The van der Waals surface area contributed by atoms with Crippen LogP contribution in [0.3, 0.4) is 0 Å². The molecule has 1 aromatic heterocycles. The molecule has 166 valence electrons. The summed E-state index contributed by atoms with van der Waals surface area (Å²) in [5.41, 5.74) is 0. The molecule has 10 heteroatoms. The Kier molecular flexibility index (Phi) is 7.88. The van der Waals surface area contributed by atoms with E-state index in [2.05, 4.69) is 17.2 Å². The van der Waals surface area contributed by atoms with Gasteiger partial charge < -0.3 is 10.6 Å². The number of thiophene rings is 1. The number of nitrogens with zero attached hydrogens (tertiary/aromatic N) is 1. The van der Waals surface area contributed by atoms with Crippen LogP contribution in [0, 0.1) is 5.92 Å². The molecule has 0 aliphatic carbocycles. The number of rotatable bonds is 8. The normalized spacial score (nSPS) is 16.4. The first-order valence-electron chi connectivity index (χ1n) is 9.81. The summed E-state index contributed by atoms with van der Waals surface area (Å²) in [6.07, 6.45) is 2.46. The Morgan fingerprint density at radius 2 is 1.90 bits per heavy atom. The number of hydrogen-bond acceptors (Lipinski definition) is 5. The SMILES string of the molecule is C=CCNC(=O)[C@@H](NC(=O)c1cccs1)C1CCN(S(=O)(=O)c2ccc(Cl)cc2)CC1. The second kappa shape index (κ2) is 10.4. The number of amides is 2. The second-order valence-corrected chi connectivity index (χ2v) is 10.5. The third-order valence-corrected chi connectivity index (χ3v) is 8.19. The molecule has 1 atom stereocenters. The van der Waals surface area contributed by atoms with Crippen molar-refractivity contribution < 1.29 is 18.0 Å². The second-order valence-electron chi connectivity index (χ2n) is 7.16. The van der Waals surface area contributed by atoms with Crippen LogP contribution in [0.25, 0.3) is 0 Å². The highest BCUT2D eigenvalue weighted by Gasteiger charge is 2.36. The number of hydrogen-bond donors (Lipinski definition) is 2. The van der Waals surface area contributed by atoms with Crippen LogP contribution in [0.15, 0.2) is 59.3 Å². The number of carbonyl (C=O) groups is 2. The molecule has 0 unspecified atom stereocenters. The van der Waals surface area contributed by atoms with Crippen molar-refractivity contribution in [2.75, 3.05) is 19.6 Å². The summed E-state index contributed by atoms with van der Waals surface area (Å²) in [4.78, 5) is 26.0. The molecular formula is C21H24ClN3O4S2. The highest BCUT2D eigenvalue weighted by molar-refractivity contribution is 7.89. The highest BCUT2D eigenvalue weighted by Crippen LogP contribution is 2.27. The van der Waals surface area contributed by atoms with Gasteiger partial charge in [-0.25, -0.2) is 8.42 Å². The Morgan fingerprint density at radius 3 is 2.48 bits per heavy atom. The summed E-state index contributed by atoms with van der Waals surface area (Å²) in [6.45, 7) is 4.40. The summed E-state index contributed by atoms with van der Waals surface area (Å²) in [6, 6.07) is 8.76. The van der Waals surface area contributed by atoms with Crippen LogP contribution in [0.1, 0.15) is 22.5 Å². The molecule has 0 spiro atoms. The van der Waals surface area contributed by atoms with Gasteiger partial charge in [0.05, 0.1) is 9.77 Å². The lowest BCUT2D eigenvalue weighted by Crippen LogP contribution is -2.53. The van der Waals surface area contributed by atoms with Gasteiger partial charge in [-0.05, 0) is 54.5 Å². The van der Waals surface area contributed by atoms with Gasteiger partial charge in [0.2, 0.25) is 15.9 Å². The van der Waals surface area contributed by atoms with Crippen LogP contribution in [0.5, 0.6) is 0 Å². The van der Waals surface area contributed by atoms with E-state index in [4.69, 9.17) is 11.6 Å². The minimum absolute atomic E-state index is 0.182. The van der Waals surface area contributed by atoms with E-state index in [1.54, 1.807) is 35.7 Å². The number of sulfonamides is 1. The molecule has 1 aliphatic heterocycles. The maximum absolute atomic E-state index is 12.9. The van der Waals surface area contributed by atoms with Crippen LogP contribution in [-0.4, -0.2) is 50.2 Å². The molecule has 1 fully saturated rings. The predicted molar refractivity (Wildman–Crippen MR) is 122 cm³/mol.